The van der Waals surface area contributed by atoms with Crippen molar-refractivity contribution in [3.8, 4) is 0 Å². The van der Waals surface area contributed by atoms with Crippen LogP contribution < -0.4 is 0 Å². The molecule has 0 fully saturated rings. The third-order valence-corrected chi connectivity index (χ3v) is 3.80. The number of carboxylic acid groups (broad SMARTS) is 1. The van der Waals surface area contributed by atoms with Crippen molar-refractivity contribution < 1.29 is 14.7 Å². The molecule has 1 N–H and O–H groups in total. The number of halogens is 1. The normalized spacial score (nSPS) is 10.3. The standard InChI is InChI=1S/C14H18BrNO3/c1-3-16(9-14(18)19)13(17)7-5-11-4-6-12(15)10(2)8-11/h4,6,8H,3,5,7,9H2,1-2H3,(H,18,19). The summed E-state index contributed by atoms with van der Waals surface area (Å²) >= 11 is 3.43. The number of carboxylic acids is 1. The van der Waals surface area contributed by atoms with Crippen LogP contribution in [0.1, 0.15) is 24.5 Å². The summed E-state index contributed by atoms with van der Waals surface area (Å²) in [5.74, 6) is -1.10. The number of benzene rings is 1. The Morgan fingerprint density at radius 3 is 2.58 bits per heavy atom. The second-order valence-electron chi connectivity index (χ2n) is 4.39. The monoisotopic (exact) mass is 327 g/mol. The molecule has 4 nitrogen and oxygen atoms in total. The van der Waals surface area contributed by atoms with Gasteiger partial charge in [-0.25, -0.2) is 0 Å². The van der Waals surface area contributed by atoms with E-state index in [9.17, 15) is 9.59 Å². The number of aliphatic carboxylic acids is 1. The first-order valence-electron chi connectivity index (χ1n) is 6.18. The van der Waals surface area contributed by atoms with Gasteiger partial charge in [0, 0.05) is 17.4 Å². The lowest BCUT2D eigenvalue weighted by Gasteiger charge is -2.18. The van der Waals surface area contributed by atoms with Crippen molar-refractivity contribution in [3.63, 3.8) is 0 Å². The van der Waals surface area contributed by atoms with Crippen molar-refractivity contribution in [2.45, 2.75) is 26.7 Å². The van der Waals surface area contributed by atoms with Gasteiger partial charge in [0.2, 0.25) is 5.91 Å². The Labute approximate surface area is 121 Å². The van der Waals surface area contributed by atoms with Crippen LogP contribution in [0.3, 0.4) is 0 Å². The number of amides is 1. The van der Waals surface area contributed by atoms with Gasteiger partial charge in [-0.3, -0.25) is 9.59 Å². The molecule has 0 bridgehead atoms. The number of likely N-dealkylation sites (N-methyl/N-ethyl adjacent to an activating group) is 1. The van der Waals surface area contributed by atoms with Gasteiger partial charge >= 0.3 is 5.97 Å². The maximum atomic E-state index is 11.9. The molecule has 5 heteroatoms. The smallest absolute Gasteiger partial charge is 0.323 e. The largest absolute Gasteiger partial charge is 0.480 e. The molecule has 0 radical (unpaired) electrons. The van der Waals surface area contributed by atoms with Crippen LogP contribution in [0.15, 0.2) is 22.7 Å². The highest BCUT2D eigenvalue weighted by Crippen LogP contribution is 2.18. The summed E-state index contributed by atoms with van der Waals surface area (Å²) < 4.78 is 1.05. The van der Waals surface area contributed by atoms with Crippen LogP contribution in [0.4, 0.5) is 0 Å². The van der Waals surface area contributed by atoms with Crippen molar-refractivity contribution in [2.75, 3.05) is 13.1 Å². The fourth-order valence-electron chi connectivity index (χ4n) is 1.81. The van der Waals surface area contributed by atoms with Crippen molar-refractivity contribution in [1.82, 2.24) is 4.90 Å². The fraction of sp³-hybridized carbons (Fsp3) is 0.429. The molecule has 104 valence electrons. The van der Waals surface area contributed by atoms with E-state index in [1.165, 1.54) is 4.90 Å². The minimum Gasteiger partial charge on any atom is -0.480 e. The lowest BCUT2D eigenvalue weighted by atomic mass is 10.1. The van der Waals surface area contributed by atoms with Crippen LogP contribution in [0.25, 0.3) is 0 Å². The van der Waals surface area contributed by atoms with Gasteiger partial charge in [0.25, 0.3) is 0 Å². The number of aryl methyl sites for hydroxylation is 2. The first-order chi connectivity index (χ1) is 8.93. The number of hydrogen-bond acceptors (Lipinski definition) is 2. The van der Waals surface area contributed by atoms with E-state index in [4.69, 9.17) is 5.11 Å². The zero-order chi connectivity index (χ0) is 14.4. The maximum absolute atomic E-state index is 11.9. The Hall–Kier alpha value is -1.36. The van der Waals surface area contributed by atoms with Gasteiger partial charge in [-0.05, 0) is 37.5 Å². The quantitative estimate of drug-likeness (QED) is 0.873. The molecule has 1 aromatic rings. The van der Waals surface area contributed by atoms with Crippen molar-refractivity contribution in [1.29, 1.82) is 0 Å². The molecular formula is C14H18BrNO3. The topological polar surface area (TPSA) is 57.6 Å². The number of carbonyl (C=O) groups excluding carboxylic acids is 1. The van der Waals surface area contributed by atoms with E-state index in [2.05, 4.69) is 15.9 Å². The van der Waals surface area contributed by atoms with Gasteiger partial charge in [0.05, 0.1) is 0 Å². The highest BCUT2D eigenvalue weighted by molar-refractivity contribution is 9.10. The molecular weight excluding hydrogens is 310 g/mol. The van der Waals surface area contributed by atoms with E-state index in [1.807, 2.05) is 25.1 Å². The van der Waals surface area contributed by atoms with E-state index in [0.29, 0.717) is 19.4 Å². The van der Waals surface area contributed by atoms with E-state index >= 15 is 0 Å². The second-order valence-corrected chi connectivity index (χ2v) is 5.24. The molecule has 0 aromatic heterocycles. The Kier molecular flexibility index (Phi) is 6.02. The van der Waals surface area contributed by atoms with Crippen molar-refractivity contribution in [3.05, 3.63) is 33.8 Å². The molecule has 1 rings (SSSR count). The van der Waals surface area contributed by atoms with Crippen LogP contribution in [-0.2, 0) is 16.0 Å². The number of carbonyl (C=O) groups is 2. The van der Waals surface area contributed by atoms with Crippen LogP contribution in [0, 0.1) is 6.92 Å². The Morgan fingerprint density at radius 1 is 1.37 bits per heavy atom. The summed E-state index contributed by atoms with van der Waals surface area (Å²) in [4.78, 5) is 23.9. The molecule has 1 aromatic carbocycles. The molecule has 0 aliphatic heterocycles. The van der Waals surface area contributed by atoms with E-state index in [-0.39, 0.29) is 12.5 Å². The highest BCUT2D eigenvalue weighted by atomic mass is 79.9. The molecule has 0 aliphatic carbocycles. The Balaban J connectivity index is 2.57. The maximum Gasteiger partial charge on any atom is 0.323 e. The summed E-state index contributed by atoms with van der Waals surface area (Å²) in [6, 6.07) is 5.96. The van der Waals surface area contributed by atoms with Gasteiger partial charge in [-0.2, -0.15) is 0 Å². The predicted molar refractivity (Wildman–Crippen MR) is 77.1 cm³/mol. The molecule has 0 unspecified atom stereocenters. The van der Waals surface area contributed by atoms with Crippen LogP contribution in [0.5, 0.6) is 0 Å². The van der Waals surface area contributed by atoms with Crippen LogP contribution in [-0.4, -0.2) is 35.0 Å². The summed E-state index contributed by atoms with van der Waals surface area (Å²) in [6.07, 6.45) is 0.964. The van der Waals surface area contributed by atoms with Gasteiger partial charge < -0.3 is 10.0 Å². The zero-order valence-corrected chi connectivity index (χ0v) is 12.7. The minimum absolute atomic E-state index is 0.120. The summed E-state index contributed by atoms with van der Waals surface area (Å²) in [6.45, 7) is 3.97. The van der Waals surface area contributed by atoms with Crippen molar-refractivity contribution in [2.24, 2.45) is 0 Å². The molecule has 0 spiro atoms. The molecule has 1 amide bonds. The number of hydrogen-bond donors (Lipinski definition) is 1. The molecule has 0 saturated heterocycles. The summed E-state index contributed by atoms with van der Waals surface area (Å²) in [5.41, 5.74) is 2.21. The van der Waals surface area contributed by atoms with Crippen LogP contribution in [0.2, 0.25) is 0 Å². The predicted octanol–water partition coefficient (Wildman–Crippen LogP) is 2.62. The average Bonchev–Trinajstić information content (AvgIpc) is 2.36. The Bertz CT molecular complexity index is 474. The summed E-state index contributed by atoms with van der Waals surface area (Å²) in [5, 5.41) is 8.72. The minimum atomic E-state index is -0.977. The summed E-state index contributed by atoms with van der Waals surface area (Å²) in [7, 11) is 0. The molecule has 0 saturated carbocycles. The van der Waals surface area contributed by atoms with Gasteiger partial charge in [-0.1, -0.05) is 28.1 Å². The zero-order valence-electron chi connectivity index (χ0n) is 11.1. The molecule has 0 aliphatic rings. The van der Waals surface area contributed by atoms with Gasteiger partial charge in [0.1, 0.15) is 6.54 Å². The first kappa shape index (κ1) is 15.7. The molecule has 0 heterocycles. The molecule has 19 heavy (non-hydrogen) atoms. The van der Waals surface area contributed by atoms with E-state index in [0.717, 1.165) is 15.6 Å². The van der Waals surface area contributed by atoms with Crippen molar-refractivity contribution >= 4 is 27.8 Å². The number of rotatable bonds is 6. The number of nitrogens with zero attached hydrogens (tertiary/aromatic N) is 1. The van der Waals surface area contributed by atoms with Gasteiger partial charge in [0.15, 0.2) is 0 Å². The third kappa shape index (κ3) is 5.03. The lowest BCUT2D eigenvalue weighted by Crippen LogP contribution is -2.35. The SMILES string of the molecule is CCN(CC(=O)O)C(=O)CCc1ccc(Br)c(C)c1. The van der Waals surface area contributed by atoms with Crippen LogP contribution >= 0.6 is 15.9 Å². The molecule has 0 atom stereocenters. The third-order valence-electron chi connectivity index (χ3n) is 2.91. The highest BCUT2D eigenvalue weighted by Gasteiger charge is 2.14. The first-order valence-corrected chi connectivity index (χ1v) is 6.98. The lowest BCUT2D eigenvalue weighted by molar-refractivity contribution is -0.144. The average molecular weight is 328 g/mol. The second kappa shape index (κ2) is 7.28. The van der Waals surface area contributed by atoms with E-state index in [1.54, 1.807) is 6.92 Å². The fourth-order valence-corrected chi connectivity index (χ4v) is 2.06. The van der Waals surface area contributed by atoms with E-state index < -0.39 is 5.97 Å². The van der Waals surface area contributed by atoms with Gasteiger partial charge in [-0.15, -0.1) is 0 Å². The Morgan fingerprint density at radius 2 is 2.05 bits per heavy atom.